The van der Waals surface area contributed by atoms with E-state index in [1.807, 2.05) is 12.1 Å². The van der Waals surface area contributed by atoms with Crippen molar-refractivity contribution in [2.45, 2.75) is 33.0 Å². The summed E-state index contributed by atoms with van der Waals surface area (Å²) in [7, 11) is 0. The van der Waals surface area contributed by atoms with Gasteiger partial charge in [0.1, 0.15) is 0 Å². The molecule has 0 saturated carbocycles. The zero-order chi connectivity index (χ0) is 10.1. The normalized spacial score (nSPS) is 20.9. The summed E-state index contributed by atoms with van der Waals surface area (Å²) in [5, 5.41) is 0. The van der Waals surface area contributed by atoms with Gasteiger partial charge >= 0.3 is 0 Å². The fraction of sp³-hybridized carbons (Fsp3) is 0.500. The molecular formula is C12H17NO. The van der Waals surface area contributed by atoms with Gasteiger partial charge in [-0.05, 0) is 23.1 Å². The molecule has 0 fully saturated rings. The Morgan fingerprint density at radius 3 is 2.93 bits per heavy atom. The Bertz CT molecular complexity index is 333. The molecule has 0 unspecified atom stereocenters. The van der Waals surface area contributed by atoms with Gasteiger partial charge in [0.25, 0.3) is 0 Å². The Balaban J connectivity index is 2.29. The zero-order valence-corrected chi connectivity index (χ0v) is 8.79. The van der Waals surface area contributed by atoms with Gasteiger partial charge in [-0.3, -0.25) is 0 Å². The molecule has 1 atom stereocenters. The van der Waals surface area contributed by atoms with Crippen molar-refractivity contribution in [1.29, 1.82) is 0 Å². The quantitative estimate of drug-likeness (QED) is 0.692. The van der Waals surface area contributed by atoms with Gasteiger partial charge < -0.3 is 10.5 Å². The lowest BCUT2D eigenvalue weighted by Gasteiger charge is -2.28. The van der Waals surface area contributed by atoms with Crippen LogP contribution in [-0.2, 0) is 17.8 Å². The van der Waals surface area contributed by atoms with E-state index in [-0.39, 0.29) is 0 Å². The van der Waals surface area contributed by atoms with E-state index in [0.29, 0.717) is 18.6 Å². The maximum absolute atomic E-state index is 5.95. The van der Waals surface area contributed by atoms with E-state index in [1.54, 1.807) is 0 Å². The first-order valence-electron chi connectivity index (χ1n) is 5.16. The molecule has 1 heterocycles. The number of hydrogen-bond donors (Lipinski definition) is 1. The summed E-state index contributed by atoms with van der Waals surface area (Å²) < 4.78 is 5.77. The second-order valence-electron chi connectivity index (χ2n) is 4.28. The Morgan fingerprint density at radius 1 is 1.43 bits per heavy atom. The van der Waals surface area contributed by atoms with E-state index in [9.17, 15) is 0 Å². The van der Waals surface area contributed by atoms with Crippen molar-refractivity contribution < 1.29 is 4.74 Å². The molecule has 2 nitrogen and oxygen atoms in total. The van der Waals surface area contributed by atoms with Gasteiger partial charge in [0.2, 0.25) is 0 Å². The second-order valence-corrected chi connectivity index (χ2v) is 4.28. The van der Waals surface area contributed by atoms with Gasteiger partial charge in [0.15, 0.2) is 0 Å². The standard InChI is InChI=1S/C12H17NO/c1-8(2)12-6-10-9(7-14-12)4-3-5-11(10)13/h3-5,8,12H,6-7,13H2,1-2H3/t12-/m1/s1. The fourth-order valence-corrected chi connectivity index (χ4v) is 1.92. The van der Waals surface area contributed by atoms with Crippen LogP contribution in [0.5, 0.6) is 0 Å². The molecule has 0 radical (unpaired) electrons. The smallest absolute Gasteiger partial charge is 0.0724 e. The minimum Gasteiger partial charge on any atom is -0.398 e. The molecule has 0 bridgehead atoms. The van der Waals surface area contributed by atoms with Crippen LogP contribution < -0.4 is 5.73 Å². The SMILES string of the molecule is CC(C)[C@H]1Cc2c(N)cccc2CO1. The molecule has 0 amide bonds. The molecule has 0 aromatic heterocycles. The molecule has 0 aliphatic carbocycles. The lowest BCUT2D eigenvalue weighted by atomic mass is 9.92. The first-order chi connectivity index (χ1) is 6.68. The Labute approximate surface area is 85.1 Å². The molecule has 1 aliphatic rings. The minimum absolute atomic E-state index is 0.326. The monoisotopic (exact) mass is 191 g/mol. The van der Waals surface area contributed by atoms with Crippen molar-refractivity contribution in [3.8, 4) is 0 Å². The molecular weight excluding hydrogens is 174 g/mol. The van der Waals surface area contributed by atoms with Gasteiger partial charge in [-0.15, -0.1) is 0 Å². The van der Waals surface area contributed by atoms with Crippen molar-refractivity contribution in [1.82, 2.24) is 0 Å². The molecule has 1 aromatic carbocycles. The van der Waals surface area contributed by atoms with E-state index in [0.717, 1.165) is 12.1 Å². The number of ether oxygens (including phenoxy) is 1. The molecule has 76 valence electrons. The summed E-state index contributed by atoms with van der Waals surface area (Å²) in [6.07, 6.45) is 1.28. The molecule has 0 saturated heterocycles. The summed E-state index contributed by atoms with van der Waals surface area (Å²) >= 11 is 0. The van der Waals surface area contributed by atoms with Gasteiger partial charge in [-0.25, -0.2) is 0 Å². The Kier molecular flexibility index (Phi) is 2.46. The third-order valence-electron chi connectivity index (χ3n) is 2.91. The third kappa shape index (κ3) is 1.62. The van der Waals surface area contributed by atoms with E-state index < -0.39 is 0 Å². The van der Waals surface area contributed by atoms with Crippen LogP contribution in [-0.4, -0.2) is 6.10 Å². The number of fused-ring (bicyclic) bond motifs is 1. The lowest BCUT2D eigenvalue weighted by Crippen LogP contribution is -2.27. The van der Waals surface area contributed by atoms with E-state index >= 15 is 0 Å². The topological polar surface area (TPSA) is 35.2 Å². The van der Waals surface area contributed by atoms with Gasteiger partial charge in [0, 0.05) is 12.1 Å². The molecule has 2 heteroatoms. The highest BCUT2D eigenvalue weighted by atomic mass is 16.5. The largest absolute Gasteiger partial charge is 0.398 e. The predicted molar refractivity (Wildman–Crippen MR) is 58.0 cm³/mol. The third-order valence-corrected chi connectivity index (χ3v) is 2.91. The van der Waals surface area contributed by atoms with Crippen molar-refractivity contribution in [3.63, 3.8) is 0 Å². The fourth-order valence-electron chi connectivity index (χ4n) is 1.92. The summed E-state index contributed by atoms with van der Waals surface area (Å²) in [5.41, 5.74) is 9.40. The number of benzene rings is 1. The van der Waals surface area contributed by atoms with Gasteiger partial charge in [-0.2, -0.15) is 0 Å². The van der Waals surface area contributed by atoms with Crippen molar-refractivity contribution in [2.75, 3.05) is 5.73 Å². The highest BCUT2D eigenvalue weighted by molar-refractivity contribution is 5.51. The summed E-state index contributed by atoms with van der Waals surface area (Å²) in [6.45, 7) is 5.09. The highest BCUT2D eigenvalue weighted by Crippen LogP contribution is 2.28. The van der Waals surface area contributed by atoms with E-state index in [2.05, 4.69) is 19.9 Å². The van der Waals surface area contributed by atoms with E-state index in [4.69, 9.17) is 10.5 Å². The second kappa shape index (κ2) is 3.62. The van der Waals surface area contributed by atoms with Crippen LogP contribution in [0.1, 0.15) is 25.0 Å². The summed E-state index contributed by atoms with van der Waals surface area (Å²) in [5.74, 6) is 0.558. The number of nitrogens with two attached hydrogens (primary N) is 1. The number of hydrogen-bond acceptors (Lipinski definition) is 2. The average molecular weight is 191 g/mol. The van der Waals surface area contributed by atoms with Crippen LogP contribution in [0.3, 0.4) is 0 Å². The maximum atomic E-state index is 5.95. The van der Waals surface area contributed by atoms with Crippen LogP contribution in [0.15, 0.2) is 18.2 Å². The van der Waals surface area contributed by atoms with Crippen LogP contribution in [0.2, 0.25) is 0 Å². The molecule has 0 spiro atoms. The van der Waals surface area contributed by atoms with Crippen molar-refractivity contribution in [3.05, 3.63) is 29.3 Å². The summed E-state index contributed by atoms with van der Waals surface area (Å²) in [6, 6.07) is 6.07. The molecule has 1 aliphatic heterocycles. The summed E-state index contributed by atoms with van der Waals surface area (Å²) in [4.78, 5) is 0. The van der Waals surface area contributed by atoms with Crippen LogP contribution in [0, 0.1) is 5.92 Å². The van der Waals surface area contributed by atoms with Gasteiger partial charge in [-0.1, -0.05) is 26.0 Å². The lowest BCUT2D eigenvalue weighted by molar-refractivity contribution is -0.0000695. The number of rotatable bonds is 1. The van der Waals surface area contributed by atoms with Crippen LogP contribution >= 0.6 is 0 Å². The van der Waals surface area contributed by atoms with Crippen LogP contribution in [0.25, 0.3) is 0 Å². The van der Waals surface area contributed by atoms with Gasteiger partial charge in [0.05, 0.1) is 12.7 Å². The highest BCUT2D eigenvalue weighted by Gasteiger charge is 2.22. The molecule has 2 rings (SSSR count). The van der Waals surface area contributed by atoms with Crippen molar-refractivity contribution >= 4 is 5.69 Å². The molecule has 2 N–H and O–H groups in total. The average Bonchev–Trinajstić information content (AvgIpc) is 2.18. The Morgan fingerprint density at radius 2 is 2.21 bits per heavy atom. The van der Waals surface area contributed by atoms with E-state index in [1.165, 1.54) is 11.1 Å². The zero-order valence-electron chi connectivity index (χ0n) is 8.79. The molecule has 14 heavy (non-hydrogen) atoms. The van der Waals surface area contributed by atoms with Crippen LogP contribution in [0.4, 0.5) is 5.69 Å². The Hall–Kier alpha value is -1.02. The first kappa shape index (κ1) is 9.53. The first-order valence-corrected chi connectivity index (χ1v) is 5.16. The predicted octanol–water partition coefficient (Wildman–Crippen LogP) is 2.37. The minimum atomic E-state index is 0.326. The number of nitrogen functional groups attached to an aromatic ring is 1. The van der Waals surface area contributed by atoms with Crippen molar-refractivity contribution in [2.24, 2.45) is 5.92 Å². The molecule has 1 aromatic rings. The number of anilines is 1. The maximum Gasteiger partial charge on any atom is 0.0724 e.